The van der Waals surface area contributed by atoms with Gasteiger partial charge < -0.3 is 9.67 Å². The summed E-state index contributed by atoms with van der Waals surface area (Å²) in [4.78, 5) is 7.00. The Bertz CT molecular complexity index is 852. The molecule has 4 rings (SSSR count). The van der Waals surface area contributed by atoms with Crippen LogP contribution in [0.1, 0.15) is 42.2 Å². The lowest BCUT2D eigenvalue weighted by molar-refractivity contribution is 0.193. The monoisotopic (exact) mass is 351 g/mol. The molecular weight excluding hydrogens is 326 g/mol. The van der Waals surface area contributed by atoms with Crippen LogP contribution in [0.2, 0.25) is 0 Å². The van der Waals surface area contributed by atoms with Crippen molar-refractivity contribution in [1.29, 1.82) is 0 Å². The Morgan fingerprint density at radius 2 is 2.00 bits per heavy atom. The SMILES string of the molecule is C[C@H](O)c1cc2n(n1)CCCN(Cc1nccn1Cc1ccccc1)C2. The highest BCUT2D eigenvalue weighted by molar-refractivity contribution is 5.16. The summed E-state index contributed by atoms with van der Waals surface area (Å²) < 4.78 is 4.26. The number of aliphatic hydroxyl groups is 1. The minimum atomic E-state index is -0.521. The minimum Gasteiger partial charge on any atom is -0.387 e. The molecule has 0 saturated carbocycles. The standard InChI is InChI=1S/C20H25N5O/c1-16(26)19-12-18-14-23(9-5-10-25(18)22-19)15-20-21-8-11-24(20)13-17-6-3-2-4-7-17/h2-4,6-8,11-12,16,26H,5,9-10,13-15H2,1H3/t16-/m0/s1. The van der Waals surface area contributed by atoms with E-state index in [0.29, 0.717) is 0 Å². The second kappa shape index (κ2) is 7.43. The fraction of sp³-hybridized carbons (Fsp3) is 0.400. The highest BCUT2D eigenvalue weighted by Crippen LogP contribution is 2.19. The van der Waals surface area contributed by atoms with Gasteiger partial charge in [-0.05, 0) is 25.0 Å². The molecule has 0 bridgehead atoms. The number of hydrogen-bond donors (Lipinski definition) is 1. The van der Waals surface area contributed by atoms with Gasteiger partial charge in [0.05, 0.1) is 24.0 Å². The number of fused-ring (bicyclic) bond motifs is 1. The number of imidazole rings is 1. The molecule has 0 aliphatic carbocycles. The van der Waals surface area contributed by atoms with Crippen LogP contribution in [0.15, 0.2) is 48.8 Å². The Kier molecular flexibility index (Phi) is 4.86. The molecule has 1 aromatic carbocycles. The van der Waals surface area contributed by atoms with E-state index in [4.69, 9.17) is 0 Å². The summed E-state index contributed by atoms with van der Waals surface area (Å²) in [6.45, 7) is 6.17. The highest BCUT2D eigenvalue weighted by Gasteiger charge is 2.19. The molecule has 1 atom stereocenters. The summed E-state index contributed by atoms with van der Waals surface area (Å²) in [5, 5.41) is 14.3. The van der Waals surface area contributed by atoms with Crippen LogP contribution in [0.3, 0.4) is 0 Å². The van der Waals surface area contributed by atoms with Crippen LogP contribution < -0.4 is 0 Å². The summed E-state index contributed by atoms with van der Waals surface area (Å²) in [6, 6.07) is 12.5. The largest absolute Gasteiger partial charge is 0.387 e. The van der Waals surface area contributed by atoms with Crippen LogP contribution in [-0.4, -0.2) is 35.9 Å². The van der Waals surface area contributed by atoms with Crippen LogP contribution >= 0.6 is 0 Å². The second-order valence-electron chi connectivity index (χ2n) is 6.98. The van der Waals surface area contributed by atoms with E-state index in [1.54, 1.807) is 6.92 Å². The van der Waals surface area contributed by atoms with Crippen molar-refractivity contribution in [2.45, 2.75) is 45.6 Å². The molecule has 0 spiro atoms. The first-order valence-corrected chi connectivity index (χ1v) is 9.20. The van der Waals surface area contributed by atoms with E-state index in [1.165, 1.54) is 11.3 Å². The van der Waals surface area contributed by atoms with Crippen molar-refractivity contribution in [3.63, 3.8) is 0 Å². The van der Waals surface area contributed by atoms with Gasteiger partial charge in [-0.2, -0.15) is 5.10 Å². The van der Waals surface area contributed by atoms with Gasteiger partial charge in [-0.15, -0.1) is 0 Å². The van der Waals surface area contributed by atoms with E-state index in [1.807, 2.05) is 23.0 Å². The predicted molar refractivity (Wildman–Crippen MR) is 99.4 cm³/mol. The smallest absolute Gasteiger partial charge is 0.123 e. The van der Waals surface area contributed by atoms with Crippen LogP contribution in [0.5, 0.6) is 0 Å². The third-order valence-electron chi connectivity index (χ3n) is 4.90. The van der Waals surface area contributed by atoms with E-state index >= 15 is 0 Å². The van der Waals surface area contributed by atoms with E-state index in [0.717, 1.165) is 50.7 Å². The molecule has 0 unspecified atom stereocenters. The van der Waals surface area contributed by atoms with Gasteiger partial charge in [0.1, 0.15) is 5.82 Å². The Hall–Kier alpha value is -2.44. The zero-order valence-electron chi connectivity index (χ0n) is 15.1. The van der Waals surface area contributed by atoms with Gasteiger partial charge in [0.2, 0.25) is 0 Å². The summed E-state index contributed by atoms with van der Waals surface area (Å²) in [6.07, 6.45) is 4.46. The molecule has 1 N–H and O–H groups in total. The lowest BCUT2D eigenvalue weighted by Crippen LogP contribution is -2.25. The van der Waals surface area contributed by atoms with E-state index in [9.17, 15) is 5.11 Å². The van der Waals surface area contributed by atoms with Gasteiger partial charge >= 0.3 is 0 Å². The van der Waals surface area contributed by atoms with Gasteiger partial charge in [-0.3, -0.25) is 9.58 Å². The van der Waals surface area contributed by atoms with Crippen LogP contribution in [0.25, 0.3) is 0 Å². The van der Waals surface area contributed by atoms with Crippen molar-refractivity contribution in [2.75, 3.05) is 6.54 Å². The quantitative estimate of drug-likeness (QED) is 0.768. The lowest BCUT2D eigenvalue weighted by atomic mass is 10.2. The normalized spacial score (nSPS) is 16.2. The van der Waals surface area contributed by atoms with E-state index in [2.05, 4.69) is 50.0 Å². The zero-order chi connectivity index (χ0) is 17.9. The third kappa shape index (κ3) is 3.71. The van der Waals surface area contributed by atoms with Crippen molar-refractivity contribution >= 4 is 0 Å². The second-order valence-corrected chi connectivity index (χ2v) is 6.98. The summed E-state index contributed by atoms with van der Waals surface area (Å²) >= 11 is 0. The zero-order valence-corrected chi connectivity index (χ0v) is 15.1. The molecule has 0 radical (unpaired) electrons. The minimum absolute atomic E-state index is 0.521. The average molecular weight is 351 g/mol. The molecule has 26 heavy (non-hydrogen) atoms. The summed E-state index contributed by atoms with van der Waals surface area (Å²) in [5.41, 5.74) is 3.20. The molecule has 0 fully saturated rings. The highest BCUT2D eigenvalue weighted by atomic mass is 16.3. The summed E-state index contributed by atoms with van der Waals surface area (Å²) in [7, 11) is 0. The molecule has 1 aliphatic rings. The fourth-order valence-electron chi connectivity index (χ4n) is 3.51. The van der Waals surface area contributed by atoms with Gasteiger partial charge in [-0.25, -0.2) is 4.98 Å². The maximum Gasteiger partial charge on any atom is 0.123 e. The first-order valence-electron chi connectivity index (χ1n) is 9.20. The number of nitrogens with zero attached hydrogens (tertiary/aromatic N) is 5. The Morgan fingerprint density at radius 1 is 1.15 bits per heavy atom. The average Bonchev–Trinajstić information content (AvgIpc) is 3.19. The summed E-state index contributed by atoms with van der Waals surface area (Å²) in [5.74, 6) is 1.08. The topological polar surface area (TPSA) is 59.1 Å². The van der Waals surface area contributed by atoms with Gasteiger partial charge in [0, 0.05) is 38.6 Å². The molecule has 3 aromatic rings. The van der Waals surface area contributed by atoms with E-state index < -0.39 is 6.10 Å². The van der Waals surface area contributed by atoms with Gasteiger partial charge in [0.25, 0.3) is 0 Å². The number of aromatic nitrogens is 4. The molecule has 2 aromatic heterocycles. The maximum atomic E-state index is 9.79. The van der Waals surface area contributed by atoms with Gasteiger partial charge in [-0.1, -0.05) is 30.3 Å². The van der Waals surface area contributed by atoms with Crippen molar-refractivity contribution in [3.8, 4) is 0 Å². The molecule has 0 saturated heterocycles. The van der Waals surface area contributed by atoms with Crippen LogP contribution in [-0.2, 0) is 26.2 Å². The Balaban J connectivity index is 1.48. The number of benzene rings is 1. The molecule has 136 valence electrons. The predicted octanol–water partition coefficient (Wildman–Crippen LogP) is 2.59. The Labute approximate surface area is 153 Å². The maximum absolute atomic E-state index is 9.79. The van der Waals surface area contributed by atoms with Crippen molar-refractivity contribution < 1.29 is 5.11 Å². The third-order valence-corrected chi connectivity index (χ3v) is 4.90. The Morgan fingerprint density at radius 3 is 2.81 bits per heavy atom. The van der Waals surface area contributed by atoms with Gasteiger partial charge in [0.15, 0.2) is 0 Å². The lowest BCUT2D eigenvalue weighted by Gasteiger charge is -2.20. The molecule has 1 aliphatic heterocycles. The number of hydrogen-bond acceptors (Lipinski definition) is 4. The number of rotatable bonds is 5. The first kappa shape index (κ1) is 17.0. The molecule has 6 nitrogen and oxygen atoms in total. The molecule has 6 heteroatoms. The molecule has 3 heterocycles. The fourth-order valence-corrected chi connectivity index (χ4v) is 3.51. The van der Waals surface area contributed by atoms with Crippen molar-refractivity contribution in [1.82, 2.24) is 24.2 Å². The van der Waals surface area contributed by atoms with Crippen LogP contribution in [0.4, 0.5) is 0 Å². The molecule has 0 amide bonds. The van der Waals surface area contributed by atoms with E-state index in [-0.39, 0.29) is 0 Å². The molecular formula is C20H25N5O. The number of aliphatic hydroxyl groups excluding tert-OH is 1. The number of aryl methyl sites for hydroxylation is 1. The van der Waals surface area contributed by atoms with Crippen molar-refractivity contribution in [2.24, 2.45) is 0 Å². The first-order chi connectivity index (χ1) is 12.7. The van der Waals surface area contributed by atoms with Crippen molar-refractivity contribution in [3.05, 3.63) is 71.6 Å². The van der Waals surface area contributed by atoms with Crippen LogP contribution in [0, 0.1) is 0 Å².